The summed E-state index contributed by atoms with van der Waals surface area (Å²) in [5.41, 5.74) is 5.38. The van der Waals surface area contributed by atoms with Crippen molar-refractivity contribution in [2.75, 3.05) is 6.61 Å². The quantitative estimate of drug-likeness (QED) is 0.526. The Kier molecular flexibility index (Phi) is 3.75. The van der Waals surface area contributed by atoms with Crippen molar-refractivity contribution in [1.82, 2.24) is 9.61 Å². The smallest absolute Gasteiger partial charge is 0.154 e. The fraction of sp³-hybridized carbons (Fsp3) is 0.0952. The van der Waals surface area contributed by atoms with Crippen molar-refractivity contribution in [3.05, 3.63) is 79.0 Å². The number of hydrogen-bond donors (Lipinski definition) is 0. The molecular weight excluding hydrogens is 296 g/mol. The highest BCUT2D eigenvalue weighted by Crippen LogP contribution is 2.43. The van der Waals surface area contributed by atoms with E-state index in [0.29, 0.717) is 6.61 Å². The Morgan fingerprint density at radius 1 is 0.833 bits per heavy atom. The Balaban J connectivity index is 2.13. The zero-order chi connectivity index (χ0) is 16.4. The normalized spacial score (nSPS) is 10.9. The second-order valence-electron chi connectivity index (χ2n) is 5.54. The zero-order valence-corrected chi connectivity index (χ0v) is 13.5. The van der Waals surface area contributed by atoms with E-state index in [1.807, 2.05) is 48.0 Å². The lowest BCUT2D eigenvalue weighted by molar-refractivity contribution is 0.345. The van der Waals surface area contributed by atoms with Crippen molar-refractivity contribution >= 4 is 5.52 Å². The van der Waals surface area contributed by atoms with Crippen LogP contribution >= 0.6 is 0 Å². The molecule has 0 saturated carbocycles. The molecule has 0 saturated heterocycles. The maximum Gasteiger partial charge on any atom is 0.154 e. The molecule has 3 nitrogen and oxygen atoms in total. The summed E-state index contributed by atoms with van der Waals surface area (Å²) >= 11 is 0. The molecule has 2 aromatic carbocycles. The van der Waals surface area contributed by atoms with Crippen LogP contribution in [0.2, 0.25) is 0 Å². The first-order valence-electron chi connectivity index (χ1n) is 8.13. The minimum absolute atomic E-state index is 0.614. The Morgan fingerprint density at radius 3 is 2.17 bits per heavy atom. The monoisotopic (exact) mass is 314 g/mol. The third-order valence-electron chi connectivity index (χ3n) is 4.06. The standard InChI is InChI=1S/C21H18N2O/c1-2-24-21-18-14-9-15-22-23(18)20(17-12-7-4-8-13-17)19(21)16-10-5-3-6-11-16/h3-15H,2H2,1H3. The molecule has 4 aromatic rings. The largest absolute Gasteiger partial charge is 0.491 e. The van der Waals surface area contributed by atoms with Crippen LogP contribution in [-0.4, -0.2) is 16.2 Å². The van der Waals surface area contributed by atoms with E-state index >= 15 is 0 Å². The maximum absolute atomic E-state index is 6.05. The molecule has 118 valence electrons. The second kappa shape index (κ2) is 6.20. The van der Waals surface area contributed by atoms with Gasteiger partial charge in [-0.15, -0.1) is 0 Å². The van der Waals surface area contributed by atoms with Crippen LogP contribution in [0.15, 0.2) is 79.0 Å². The molecule has 0 N–H and O–H groups in total. The summed E-state index contributed by atoms with van der Waals surface area (Å²) < 4.78 is 8.02. The molecule has 2 heterocycles. The average molecular weight is 314 g/mol. The zero-order valence-electron chi connectivity index (χ0n) is 13.5. The van der Waals surface area contributed by atoms with Gasteiger partial charge in [-0.25, -0.2) is 4.52 Å². The number of fused-ring (bicyclic) bond motifs is 1. The van der Waals surface area contributed by atoms with E-state index in [0.717, 1.165) is 33.7 Å². The highest BCUT2D eigenvalue weighted by molar-refractivity contribution is 5.93. The molecule has 0 spiro atoms. The van der Waals surface area contributed by atoms with E-state index in [-0.39, 0.29) is 0 Å². The predicted octanol–water partition coefficient (Wildman–Crippen LogP) is 5.07. The minimum Gasteiger partial charge on any atom is -0.491 e. The van der Waals surface area contributed by atoms with E-state index in [2.05, 4.69) is 47.6 Å². The van der Waals surface area contributed by atoms with Crippen molar-refractivity contribution in [3.63, 3.8) is 0 Å². The number of aromatic nitrogens is 2. The topological polar surface area (TPSA) is 26.5 Å². The summed E-state index contributed by atoms with van der Waals surface area (Å²) in [6, 6.07) is 24.7. The maximum atomic E-state index is 6.05. The first kappa shape index (κ1) is 14.5. The molecule has 3 heteroatoms. The van der Waals surface area contributed by atoms with Gasteiger partial charge in [0.15, 0.2) is 5.75 Å². The number of ether oxygens (including phenoxy) is 1. The Labute approximate surface area is 141 Å². The molecule has 0 fully saturated rings. The van der Waals surface area contributed by atoms with Gasteiger partial charge in [0.25, 0.3) is 0 Å². The van der Waals surface area contributed by atoms with Gasteiger partial charge in [-0.2, -0.15) is 5.10 Å². The van der Waals surface area contributed by atoms with Crippen molar-refractivity contribution in [3.8, 4) is 28.1 Å². The molecule has 4 rings (SSSR count). The van der Waals surface area contributed by atoms with Crippen molar-refractivity contribution in [1.29, 1.82) is 0 Å². The summed E-state index contributed by atoms with van der Waals surface area (Å²) in [5.74, 6) is 0.885. The average Bonchev–Trinajstić information content (AvgIpc) is 2.98. The van der Waals surface area contributed by atoms with E-state index in [4.69, 9.17) is 4.74 Å². The number of benzene rings is 2. The Bertz CT molecular complexity index is 959. The van der Waals surface area contributed by atoms with Crippen LogP contribution < -0.4 is 4.74 Å². The van der Waals surface area contributed by atoms with E-state index < -0.39 is 0 Å². The SMILES string of the molecule is CCOc1c(-c2ccccc2)c(-c2ccccc2)n2ncccc12. The molecular formula is C21H18N2O. The number of nitrogens with zero attached hydrogens (tertiary/aromatic N) is 2. The first-order valence-corrected chi connectivity index (χ1v) is 8.13. The third kappa shape index (κ3) is 2.35. The van der Waals surface area contributed by atoms with Crippen LogP contribution in [0.1, 0.15) is 6.92 Å². The van der Waals surface area contributed by atoms with Gasteiger partial charge in [-0.1, -0.05) is 60.7 Å². The van der Waals surface area contributed by atoms with Gasteiger partial charge in [0.1, 0.15) is 5.52 Å². The lowest BCUT2D eigenvalue weighted by atomic mass is 10.0. The molecule has 0 bridgehead atoms. The molecule has 0 amide bonds. The van der Waals surface area contributed by atoms with Crippen LogP contribution in [0.25, 0.3) is 27.9 Å². The van der Waals surface area contributed by atoms with Gasteiger partial charge in [-0.05, 0) is 24.6 Å². The summed E-state index contributed by atoms with van der Waals surface area (Å²) in [6.45, 7) is 2.62. The third-order valence-corrected chi connectivity index (χ3v) is 4.06. The van der Waals surface area contributed by atoms with Gasteiger partial charge in [-0.3, -0.25) is 0 Å². The van der Waals surface area contributed by atoms with Crippen LogP contribution in [0.3, 0.4) is 0 Å². The number of hydrogen-bond acceptors (Lipinski definition) is 2. The Morgan fingerprint density at radius 2 is 1.50 bits per heavy atom. The van der Waals surface area contributed by atoms with Gasteiger partial charge in [0.2, 0.25) is 0 Å². The molecule has 2 aromatic heterocycles. The van der Waals surface area contributed by atoms with Gasteiger partial charge < -0.3 is 4.74 Å². The lowest BCUT2D eigenvalue weighted by Gasteiger charge is -2.08. The van der Waals surface area contributed by atoms with Gasteiger partial charge in [0, 0.05) is 11.8 Å². The predicted molar refractivity (Wildman–Crippen MR) is 97.2 cm³/mol. The summed E-state index contributed by atoms with van der Waals surface area (Å²) in [4.78, 5) is 0. The molecule has 0 aliphatic rings. The highest BCUT2D eigenvalue weighted by atomic mass is 16.5. The lowest BCUT2D eigenvalue weighted by Crippen LogP contribution is -1.93. The van der Waals surface area contributed by atoms with Crippen LogP contribution in [0, 0.1) is 0 Å². The summed E-state index contributed by atoms with van der Waals surface area (Å²) in [7, 11) is 0. The van der Waals surface area contributed by atoms with Crippen LogP contribution in [-0.2, 0) is 0 Å². The molecule has 0 aliphatic carbocycles. The van der Waals surface area contributed by atoms with Crippen molar-refractivity contribution < 1.29 is 4.74 Å². The van der Waals surface area contributed by atoms with Crippen molar-refractivity contribution in [2.45, 2.75) is 6.92 Å². The molecule has 0 aliphatic heterocycles. The van der Waals surface area contributed by atoms with E-state index in [1.54, 1.807) is 0 Å². The minimum atomic E-state index is 0.614. The summed E-state index contributed by atoms with van der Waals surface area (Å²) in [6.07, 6.45) is 1.81. The Hall–Kier alpha value is -3.07. The second-order valence-corrected chi connectivity index (χ2v) is 5.54. The van der Waals surface area contributed by atoms with E-state index in [1.165, 1.54) is 0 Å². The van der Waals surface area contributed by atoms with Crippen molar-refractivity contribution in [2.24, 2.45) is 0 Å². The molecule has 0 unspecified atom stereocenters. The molecule has 24 heavy (non-hydrogen) atoms. The van der Waals surface area contributed by atoms with Gasteiger partial charge >= 0.3 is 0 Å². The highest BCUT2D eigenvalue weighted by Gasteiger charge is 2.22. The number of rotatable bonds is 4. The fourth-order valence-electron chi connectivity index (χ4n) is 3.09. The van der Waals surface area contributed by atoms with Gasteiger partial charge in [0.05, 0.1) is 17.9 Å². The summed E-state index contributed by atoms with van der Waals surface area (Å²) in [5, 5.41) is 4.58. The fourth-order valence-corrected chi connectivity index (χ4v) is 3.09. The molecule has 0 radical (unpaired) electrons. The van der Waals surface area contributed by atoms with Crippen LogP contribution in [0.5, 0.6) is 5.75 Å². The first-order chi connectivity index (χ1) is 11.9. The molecule has 0 atom stereocenters. The van der Waals surface area contributed by atoms with Crippen LogP contribution in [0.4, 0.5) is 0 Å². The van der Waals surface area contributed by atoms with E-state index in [9.17, 15) is 0 Å².